The van der Waals surface area contributed by atoms with E-state index in [1.165, 1.54) is 0 Å². The lowest BCUT2D eigenvalue weighted by atomic mass is 10.2. The van der Waals surface area contributed by atoms with E-state index in [2.05, 4.69) is 44.8 Å². The number of hydrogen-bond acceptors (Lipinski definition) is 6. The smallest absolute Gasteiger partial charge is 0.298 e. The number of benzene rings is 1. The van der Waals surface area contributed by atoms with Gasteiger partial charge in [0.1, 0.15) is 0 Å². The Balaban J connectivity index is 1.94. The fraction of sp³-hybridized carbons (Fsp3) is 0.500. The molecule has 1 saturated heterocycles. The summed E-state index contributed by atoms with van der Waals surface area (Å²) >= 11 is 0. The van der Waals surface area contributed by atoms with Crippen LogP contribution in [0.5, 0.6) is 0 Å². The number of anilines is 1. The van der Waals surface area contributed by atoms with Crippen LogP contribution in [0.4, 0.5) is 5.82 Å². The summed E-state index contributed by atoms with van der Waals surface area (Å²) in [5.74, 6) is 0.443. The molecular formula is C26H36N4O3Si. The molecule has 1 aromatic heterocycles. The molecule has 182 valence electrons. The van der Waals surface area contributed by atoms with E-state index in [9.17, 15) is 4.79 Å². The summed E-state index contributed by atoms with van der Waals surface area (Å²) in [6.07, 6.45) is 7.34. The van der Waals surface area contributed by atoms with Crippen molar-refractivity contribution in [1.82, 2.24) is 9.55 Å². The molecule has 0 aliphatic carbocycles. The van der Waals surface area contributed by atoms with Crippen LogP contribution in [-0.4, -0.2) is 50.8 Å². The van der Waals surface area contributed by atoms with E-state index < -0.39 is 8.32 Å². The summed E-state index contributed by atoms with van der Waals surface area (Å²) < 4.78 is 13.4. The van der Waals surface area contributed by atoms with Gasteiger partial charge in [0.2, 0.25) is 0 Å². The van der Waals surface area contributed by atoms with E-state index in [4.69, 9.17) is 19.4 Å². The van der Waals surface area contributed by atoms with Gasteiger partial charge < -0.3 is 14.1 Å². The number of nitrogens with zero attached hydrogens (tertiary/aromatic N) is 4. The third kappa shape index (κ3) is 6.44. The van der Waals surface area contributed by atoms with Crippen molar-refractivity contribution in [1.29, 1.82) is 5.26 Å². The molecule has 1 aliphatic heterocycles. The lowest BCUT2D eigenvalue weighted by Gasteiger charge is -2.35. The SMILES string of the molecule is CC(C)(C)[Si](C)(C)OC/C=C/c1cn(-c2ccc(C#N)cc2)c(=O)c(N2CCCOCCC2)n1. The second kappa shape index (κ2) is 11.1. The van der Waals surface area contributed by atoms with Gasteiger partial charge in [-0.3, -0.25) is 9.36 Å². The molecule has 0 radical (unpaired) electrons. The first kappa shape index (κ1) is 25.9. The quantitative estimate of drug-likeness (QED) is 0.555. The topological polar surface area (TPSA) is 80.4 Å². The maximum absolute atomic E-state index is 13.5. The molecule has 1 aromatic carbocycles. The van der Waals surface area contributed by atoms with Crippen LogP contribution in [0.2, 0.25) is 18.1 Å². The Morgan fingerprint density at radius 1 is 1.18 bits per heavy atom. The molecule has 7 nitrogen and oxygen atoms in total. The van der Waals surface area contributed by atoms with Gasteiger partial charge in [0.25, 0.3) is 5.56 Å². The van der Waals surface area contributed by atoms with Crippen molar-refractivity contribution in [2.24, 2.45) is 0 Å². The van der Waals surface area contributed by atoms with Crippen LogP contribution < -0.4 is 10.5 Å². The highest BCUT2D eigenvalue weighted by Crippen LogP contribution is 2.36. The van der Waals surface area contributed by atoms with Gasteiger partial charge in [0.05, 0.1) is 23.9 Å². The number of hydrogen-bond donors (Lipinski definition) is 0. The zero-order valence-electron chi connectivity index (χ0n) is 21.0. The first-order chi connectivity index (χ1) is 16.1. The standard InChI is InChI=1S/C26H36N4O3Si/c1-26(2,3)34(4,5)33-18-6-9-22-20-30(23-12-10-21(19-27)11-13-23)25(31)24(28-22)29-14-7-16-32-17-8-15-29/h6,9-13,20H,7-8,14-18H2,1-5H3/b9-6+. The van der Waals surface area contributed by atoms with Gasteiger partial charge in [0.15, 0.2) is 14.1 Å². The molecule has 2 aromatic rings. The average molecular weight is 481 g/mol. The summed E-state index contributed by atoms with van der Waals surface area (Å²) in [5, 5.41) is 9.27. The molecule has 0 unspecified atom stereocenters. The van der Waals surface area contributed by atoms with E-state index in [0.717, 1.165) is 25.9 Å². The minimum atomic E-state index is -1.85. The highest BCUT2D eigenvalue weighted by atomic mass is 28.4. The predicted molar refractivity (Wildman–Crippen MR) is 139 cm³/mol. The van der Waals surface area contributed by atoms with Crippen LogP contribution in [-0.2, 0) is 9.16 Å². The van der Waals surface area contributed by atoms with Gasteiger partial charge in [-0.2, -0.15) is 5.26 Å². The van der Waals surface area contributed by atoms with Gasteiger partial charge in [0, 0.05) is 38.2 Å². The van der Waals surface area contributed by atoms with Gasteiger partial charge in [-0.25, -0.2) is 4.98 Å². The highest BCUT2D eigenvalue weighted by Gasteiger charge is 2.36. The Hall–Kier alpha value is -2.73. The molecule has 8 heteroatoms. The van der Waals surface area contributed by atoms with E-state index in [1.54, 1.807) is 35.0 Å². The molecule has 0 N–H and O–H groups in total. The third-order valence-electron chi connectivity index (χ3n) is 6.55. The van der Waals surface area contributed by atoms with Crippen molar-refractivity contribution >= 4 is 20.2 Å². The van der Waals surface area contributed by atoms with Crippen molar-refractivity contribution in [3.8, 4) is 11.8 Å². The Morgan fingerprint density at radius 3 is 2.41 bits per heavy atom. The van der Waals surface area contributed by atoms with Crippen molar-refractivity contribution in [2.75, 3.05) is 37.8 Å². The first-order valence-electron chi connectivity index (χ1n) is 11.9. The minimum absolute atomic E-state index is 0.143. The molecule has 0 amide bonds. The van der Waals surface area contributed by atoms with Crippen LogP contribution in [0, 0.1) is 11.3 Å². The summed E-state index contributed by atoms with van der Waals surface area (Å²) in [4.78, 5) is 20.3. The van der Waals surface area contributed by atoms with E-state index >= 15 is 0 Å². The van der Waals surface area contributed by atoms with Gasteiger partial charge in [-0.05, 0) is 61.3 Å². The van der Waals surface area contributed by atoms with Gasteiger partial charge in [-0.15, -0.1) is 0 Å². The molecule has 1 fully saturated rings. The molecule has 0 spiro atoms. The van der Waals surface area contributed by atoms with E-state index in [0.29, 0.717) is 42.6 Å². The fourth-order valence-electron chi connectivity index (χ4n) is 3.45. The van der Waals surface area contributed by atoms with E-state index in [1.807, 2.05) is 12.2 Å². The number of aromatic nitrogens is 2. The third-order valence-corrected chi connectivity index (χ3v) is 11.0. The number of rotatable bonds is 6. The van der Waals surface area contributed by atoms with Crippen molar-refractivity contribution in [2.45, 2.75) is 51.7 Å². The summed E-state index contributed by atoms with van der Waals surface area (Å²) in [6, 6.07) is 9.14. The molecular weight excluding hydrogens is 444 g/mol. The second-order valence-corrected chi connectivity index (χ2v) is 14.9. The van der Waals surface area contributed by atoms with Crippen LogP contribution in [0.25, 0.3) is 11.8 Å². The Bertz CT molecular complexity index is 1090. The van der Waals surface area contributed by atoms with Crippen LogP contribution in [0.1, 0.15) is 44.9 Å². The minimum Gasteiger partial charge on any atom is -0.413 e. The highest BCUT2D eigenvalue weighted by molar-refractivity contribution is 6.74. The summed E-state index contributed by atoms with van der Waals surface area (Å²) in [5.41, 5.74) is 1.78. The zero-order valence-corrected chi connectivity index (χ0v) is 22.0. The maximum atomic E-state index is 13.5. The lowest BCUT2D eigenvalue weighted by Crippen LogP contribution is -2.40. The van der Waals surface area contributed by atoms with E-state index in [-0.39, 0.29) is 10.6 Å². The Labute approximate surface area is 203 Å². The number of nitriles is 1. The fourth-order valence-corrected chi connectivity index (χ4v) is 4.40. The number of ether oxygens (including phenoxy) is 1. The molecule has 2 heterocycles. The Kier molecular flexibility index (Phi) is 8.47. The van der Waals surface area contributed by atoms with Crippen molar-refractivity contribution in [3.63, 3.8) is 0 Å². The largest absolute Gasteiger partial charge is 0.413 e. The van der Waals surface area contributed by atoms with Gasteiger partial charge in [-0.1, -0.05) is 26.8 Å². The van der Waals surface area contributed by atoms with Crippen molar-refractivity contribution < 1.29 is 9.16 Å². The molecule has 1 aliphatic rings. The monoisotopic (exact) mass is 480 g/mol. The second-order valence-electron chi connectivity index (χ2n) is 10.1. The molecule has 3 rings (SSSR count). The maximum Gasteiger partial charge on any atom is 0.298 e. The zero-order chi connectivity index (χ0) is 24.8. The summed E-state index contributed by atoms with van der Waals surface area (Å²) in [7, 11) is -1.85. The molecule has 0 bridgehead atoms. The molecule has 0 atom stereocenters. The average Bonchev–Trinajstić information content (AvgIpc) is 2.77. The predicted octanol–water partition coefficient (Wildman–Crippen LogP) is 4.76. The van der Waals surface area contributed by atoms with Crippen molar-refractivity contribution in [3.05, 3.63) is 58.1 Å². The summed E-state index contributed by atoms with van der Waals surface area (Å²) in [6.45, 7) is 14.4. The Morgan fingerprint density at radius 2 is 1.82 bits per heavy atom. The first-order valence-corrected chi connectivity index (χ1v) is 14.8. The van der Waals surface area contributed by atoms with Crippen LogP contribution in [0.15, 0.2) is 41.3 Å². The van der Waals surface area contributed by atoms with Crippen LogP contribution in [0.3, 0.4) is 0 Å². The normalized spacial score (nSPS) is 15.7. The van der Waals surface area contributed by atoms with Gasteiger partial charge >= 0.3 is 0 Å². The molecule has 34 heavy (non-hydrogen) atoms. The lowest BCUT2D eigenvalue weighted by molar-refractivity contribution is 0.124. The molecule has 0 saturated carbocycles. The van der Waals surface area contributed by atoms with Crippen LogP contribution >= 0.6 is 0 Å².